The molecule has 7 heteroatoms. The topological polar surface area (TPSA) is 77.4 Å². The van der Waals surface area contributed by atoms with Crippen molar-refractivity contribution in [2.75, 3.05) is 14.2 Å². The maximum Gasteiger partial charge on any atom is 0.358 e. The van der Waals surface area contributed by atoms with Crippen molar-refractivity contribution < 1.29 is 24.2 Å². The number of ether oxygens (including phenoxy) is 2. The summed E-state index contributed by atoms with van der Waals surface area (Å²) < 4.78 is 10.3. The largest absolute Gasteiger partial charge is 0.493 e. The van der Waals surface area contributed by atoms with E-state index in [0.717, 1.165) is 5.56 Å². The number of methoxy groups -OCH3 is 2. The van der Waals surface area contributed by atoms with E-state index in [4.69, 9.17) is 25.9 Å². The monoisotopic (exact) mass is 349 g/mol. The Labute approximate surface area is 144 Å². The highest BCUT2D eigenvalue weighted by atomic mass is 35.5. The molecule has 2 rings (SSSR count). The van der Waals surface area contributed by atoms with Crippen molar-refractivity contribution >= 4 is 23.3 Å². The second-order valence-electron chi connectivity index (χ2n) is 4.67. The molecule has 0 fully saturated rings. The number of hydrogen-bond donors (Lipinski definition) is 1. The van der Waals surface area contributed by atoms with Crippen LogP contribution in [0.4, 0.5) is 0 Å². The molecule has 0 aromatic heterocycles. The standard InChI is InChI=1S/C17H16ClNO5/c1-22-13-9-8-12(14(18)16(13)23-2)15(17(20)21)19-24-10-11-6-4-3-5-7-11/h3-9H,10H2,1-2H3,(H,20,21)/b19-15-. The van der Waals surface area contributed by atoms with Gasteiger partial charge in [0.2, 0.25) is 0 Å². The van der Waals surface area contributed by atoms with E-state index in [1.165, 1.54) is 20.3 Å². The molecule has 24 heavy (non-hydrogen) atoms. The fraction of sp³-hybridized carbons (Fsp3) is 0.176. The zero-order chi connectivity index (χ0) is 17.5. The third-order valence-corrected chi connectivity index (χ3v) is 3.55. The lowest BCUT2D eigenvalue weighted by Crippen LogP contribution is -2.16. The summed E-state index contributed by atoms with van der Waals surface area (Å²) in [5.41, 5.74) is 0.719. The van der Waals surface area contributed by atoms with Crippen molar-refractivity contribution in [2.24, 2.45) is 5.16 Å². The zero-order valence-electron chi connectivity index (χ0n) is 13.2. The number of hydrogen-bond acceptors (Lipinski definition) is 5. The minimum absolute atomic E-state index is 0.0845. The molecule has 0 atom stereocenters. The maximum atomic E-state index is 11.5. The molecular weight excluding hydrogens is 334 g/mol. The van der Waals surface area contributed by atoms with Gasteiger partial charge in [0.25, 0.3) is 0 Å². The Balaban J connectivity index is 2.30. The first-order valence-electron chi connectivity index (χ1n) is 6.96. The Morgan fingerprint density at radius 3 is 2.42 bits per heavy atom. The van der Waals surface area contributed by atoms with Crippen LogP contribution in [0.1, 0.15) is 11.1 Å². The number of carbonyl (C=O) groups is 1. The van der Waals surface area contributed by atoms with Gasteiger partial charge >= 0.3 is 5.97 Å². The Kier molecular flexibility index (Phi) is 6.03. The Bertz CT molecular complexity index is 746. The van der Waals surface area contributed by atoms with Crippen LogP contribution >= 0.6 is 11.6 Å². The van der Waals surface area contributed by atoms with Crippen molar-refractivity contribution in [3.63, 3.8) is 0 Å². The first kappa shape index (κ1) is 17.6. The number of halogens is 1. The fourth-order valence-electron chi connectivity index (χ4n) is 2.02. The predicted molar refractivity (Wildman–Crippen MR) is 90.0 cm³/mol. The van der Waals surface area contributed by atoms with E-state index in [9.17, 15) is 9.90 Å². The summed E-state index contributed by atoms with van der Waals surface area (Å²) in [5, 5.41) is 13.2. The van der Waals surface area contributed by atoms with Gasteiger partial charge in [-0.25, -0.2) is 4.79 Å². The molecule has 2 aromatic carbocycles. The van der Waals surface area contributed by atoms with Crippen LogP contribution in [0.25, 0.3) is 0 Å². The summed E-state index contributed by atoms with van der Waals surface area (Å²) in [4.78, 5) is 16.7. The summed E-state index contributed by atoms with van der Waals surface area (Å²) in [5.74, 6) is -0.646. The van der Waals surface area contributed by atoms with E-state index in [-0.39, 0.29) is 28.7 Å². The van der Waals surface area contributed by atoms with Gasteiger partial charge in [-0.1, -0.05) is 47.1 Å². The highest BCUT2D eigenvalue weighted by Crippen LogP contribution is 2.37. The molecule has 0 aliphatic carbocycles. The van der Waals surface area contributed by atoms with Gasteiger partial charge in [-0.2, -0.15) is 0 Å². The number of benzene rings is 2. The molecule has 0 amide bonds. The molecule has 0 saturated heterocycles. The lowest BCUT2D eigenvalue weighted by Gasteiger charge is -2.12. The van der Waals surface area contributed by atoms with Gasteiger partial charge in [-0.15, -0.1) is 0 Å². The number of oxime groups is 1. The Morgan fingerprint density at radius 2 is 1.83 bits per heavy atom. The van der Waals surface area contributed by atoms with Crippen LogP contribution in [0.2, 0.25) is 5.02 Å². The average Bonchev–Trinajstić information content (AvgIpc) is 2.59. The third kappa shape index (κ3) is 3.97. The second-order valence-corrected chi connectivity index (χ2v) is 5.04. The van der Waals surface area contributed by atoms with Crippen molar-refractivity contribution in [1.82, 2.24) is 0 Å². The number of carboxylic acid groups (broad SMARTS) is 1. The summed E-state index contributed by atoms with van der Waals surface area (Å²) in [7, 11) is 2.88. The van der Waals surface area contributed by atoms with Crippen molar-refractivity contribution in [1.29, 1.82) is 0 Å². The van der Waals surface area contributed by atoms with Gasteiger partial charge in [0.15, 0.2) is 17.2 Å². The molecule has 126 valence electrons. The summed E-state index contributed by atoms with van der Waals surface area (Å²) in [6.07, 6.45) is 0. The highest BCUT2D eigenvalue weighted by molar-refractivity contribution is 6.47. The lowest BCUT2D eigenvalue weighted by molar-refractivity contribution is -0.129. The molecule has 0 heterocycles. The molecule has 0 saturated carbocycles. The number of rotatable bonds is 7. The van der Waals surface area contributed by atoms with E-state index in [0.29, 0.717) is 5.75 Å². The van der Waals surface area contributed by atoms with Crippen molar-refractivity contribution in [2.45, 2.75) is 6.61 Å². The van der Waals surface area contributed by atoms with Crippen LogP contribution in [0, 0.1) is 0 Å². The molecule has 0 unspecified atom stereocenters. The van der Waals surface area contributed by atoms with Gasteiger partial charge in [-0.3, -0.25) is 0 Å². The quantitative estimate of drug-likeness (QED) is 0.612. The van der Waals surface area contributed by atoms with Crippen LogP contribution in [0.15, 0.2) is 47.6 Å². The van der Waals surface area contributed by atoms with Crippen molar-refractivity contribution in [3.05, 3.63) is 58.6 Å². The molecule has 0 radical (unpaired) electrons. The van der Waals surface area contributed by atoms with Gasteiger partial charge in [0.1, 0.15) is 6.61 Å². The third-order valence-electron chi connectivity index (χ3n) is 3.17. The van der Waals surface area contributed by atoms with E-state index in [1.54, 1.807) is 6.07 Å². The second kappa shape index (κ2) is 8.21. The van der Waals surface area contributed by atoms with Gasteiger partial charge < -0.3 is 19.4 Å². The molecule has 1 N–H and O–H groups in total. The molecule has 0 spiro atoms. The summed E-state index contributed by atoms with van der Waals surface area (Å²) in [6.45, 7) is 0.141. The minimum atomic E-state index is -1.27. The first-order valence-corrected chi connectivity index (χ1v) is 7.34. The van der Waals surface area contributed by atoms with Gasteiger partial charge in [0, 0.05) is 5.56 Å². The van der Waals surface area contributed by atoms with E-state index < -0.39 is 5.97 Å². The fourth-order valence-corrected chi connectivity index (χ4v) is 2.34. The van der Waals surface area contributed by atoms with Crippen molar-refractivity contribution in [3.8, 4) is 11.5 Å². The van der Waals surface area contributed by atoms with Crippen LogP contribution in [0.3, 0.4) is 0 Å². The van der Waals surface area contributed by atoms with Crippen LogP contribution < -0.4 is 9.47 Å². The summed E-state index contributed by atoms with van der Waals surface area (Å²) >= 11 is 6.22. The molecule has 0 bridgehead atoms. The molecule has 2 aromatic rings. The van der Waals surface area contributed by atoms with Crippen LogP contribution in [-0.2, 0) is 16.2 Å². The molecule has 0 aliphatic rings. The average molecular weight is 350 g/mol. The van der Waals surface area contributed by atoms with E-state index in [2.05, 4.69) is 5.16 Å². The SMILES string of the molecule is COc1ccc(/C(=N/OCc2ccccc2)C(=O)O)c(Cl)c1OC. The normalized spacial score (nSPS) is 11.0. The van der Waals surface area contributed by atoms with E-state index >= 15 is 0 Å². The minimum Gasteiger partial charge on any atom is -0.493 e. The molecule has 0 aliphatic heterocycles. The number of carboxylic acids is 1. The first-order chi connectivity index (χ1) is 11.6. The molecule has 6 nitrogen and oxygen atoms in total. The highest BCUT2D eigenvalue weighted by Gasteiger charge is 2.22. The molecular formula is C17H16ClNO5. The van der Waals surface area contributed by atoms with Crippen LogP contribution in [-0.4, -0.2) is 31.0 Å². The Morgan fingerprint density at radius 1 is 1.12 bits per heavy atom. The van der Waals surface area contributed by atoms with E-state index in [1.807, 2.05) is 30.3 Å². The predicted octanol–water partition coefficient (Wildman–Crippen LogP) is 3.36. The number of aliphatic carboxylic acids is 1. The smallest absolute Gasteiger partial charge is 0.358 e. The summed E-state index contributed by atoms with van der Waals surface area (Å²) in [6, 6.07) is 12.3. The maximum absolute atomic E-state index is 11.5. The lowest BCUT2D eigenvalue weighted by atomic mass is 10.1. The Hall–Kier alpha value is -2.73. The van der Waals surface area contributed by atoms with Gasteiger partial charge in [-0.05, 0) is 17.7 Å². The van der Waals surface area contributed by atoms with Gasteiger partial charge in [0.05, 0.1) is 19.2 Å². The number of nitrogens with zero attached hydrogens (tertiary/aromatic N) is 1. The van der Waals surface area contributed by atoms with Crippen LogP contribution in [0.5, 0.6) is 11.5 Å². The zero-order valence-corrected chi connectivity index (χ0v) is 13.9.